The third-order valence-corrected chi connectivity index (χ3v) is 4.48. The lowest BCUT2D eigenvalue weighted by Gasteiger charge is -2.35. The molecule has 0 aromatic heterocycles. The number of rotatable bonds is 6. The Kier molecular flexibility index (Phi) is 7.83. The maximum Gasteiger partial charge on any atom is 0.234 e. The molecule has 9 heteroatoms. The van der Waals surface area contributed by atoms with Crippen molar-refractivity contribution in [2.45, 2.75) is 0 Å². The first-order valence-corrected chi connectivity index (χ1v) is 8.77. The number of carbonyl (C=O) groups excluding carboxylic acids is 1. The summed E-state index contributed by atoms with van der Waals surface area (Å²) in [4.78, 5) is 15.9. The lowest BCUT2D eigenvalue weighted by atomic mass is 10.3. The van der Waals surface area contributed by atoms with E-state index in [0.717, 1.165) is 13.1 Å². The molecule has 0 unspecified atom stereocenters. The summed E-state index contributed by atoms with van der Waals surface area (Å²) >= 11 is 11.2. The molecule has 1 aromatic carbocycles. The Labute approximate surface area is 157 Å². The van der Waals surface area contributed by atoms with E-state index in [1.165, 1.54) is 12.1 Å². The van der Waals surface area contributed by atoms with Crippen LogP contribution in [0.15, 0.2) is 18.2 Å². The van der Waals surface area contributed by atoms with Crippen LogP contribution in [0.4, 0.5) is 10.1 Å². The molecule has 1 heterocycles. The number of methoxy groups -OCH3 is 1. The Morgan fingerprint density at radius 1 is 1.36 bits per heavy atom. The summed E-state index contributed by atoms with van der Waals surface area (Å²) in [6, 6.07) is 4.39. The highest BCUT2D eigenvalue weighted by molar-refractivity contribution is 7.80. The van der Waals surface area contributed by atoms with Crippen molar-refractivity contribution in [1.29, 1.82) is 0 Å². The third kappa shape index (κ3) is 6.39. The van der Waals surface area contributed by atoms with Gasteiger partial charge >= 0.3 is 0 Å². The average molecular weight is 389 g/mol. The molecule has 1 saturated heterocycles. The van der Waals surface area contributed by atoms with Gasteiger partial charge in [-0.05, 0) is 30.4 Å². The molecule has 0 aliphatic carbocycles. The van der Waals surface area contributed by atoms with Gasteiger partial charge in [0.15, 0.2) is 5.11 Å². The van der Waals surface area contributed by atoms with Gasteiger partial charge in [-0.3, -0.25) is 9.69 Å². The number of ether oxygens (including phenoxy) is 1. The molecule has 0 saturated carbocycles. The SMILES string of the molecule is COCCNC(=O)CN1CCN(C(=S)Nc2ccc(F)c(Cl)c2)CC1. The lowest BCUT2D eigenvalue weighted by Crippen LogP contribution is -2.52. The second-order valence-electron chi connectivity index (χ2n) is 5.66. The maximum atomic E-state index is 13.2. The van der Waals surface area contributed by atoms with Gasteiger partial charge in [-0.15, -0.1) is 0 Å². The van der Waals surface area contributed by atoms with E-state index < -0.39 is 5.82 Å². The standard InChI is InChI=1S/C16H22ClFN4O2S/c1-24-9-4-19-15(23)11-21-5-7-22(8-6-21)16(25)20-12-2-3-14(18)13(17)10-12/h2-3,10H,4-9,11H2,1H3,(H,19,23)(H,20,25). The molecule has 1 aliphatic heterocycles. The van der Waals surface area contributed by atoms with Crippen molar-refractivity contribution < 1.29 is 13.9 Å². The number of amides is 1. The minimum absolute atomic E-state index is 0.00726. The number of benzene rings is 1. The molecule has 138 valence electrons. The summed E-state index contributed by atoms with van der Waals surface area (Å²) in [5.41, 5.74) is 0.649. The fourth-order valence-corrected chi connectivity index (χ4v) is 2.92. The second-order valence-corrected chi connectivity index (χ2v) is 6.46. The molecular weight excluding hydrogens is 367 g/mol. The van der Waals surface area contributed by atoms with Gasteiger partial charge < -0.3 is 20.3 Å². The number of anilines is 1. The monoisotopic (exact) mass is 388 g/mol. The largest absolute Gasteiger partial charge is 0.383 e. The van der Waals surface area contributed by atoms with E-state index in [9.17, 15) is 9.18 Å². The van der Waals surface area contributed by atoms with Gasteiger partial charge in [0, 0.05) is 45.5 Å². The van der Waals surface area contributed by atoms with Gasteiger partial charge in [0.1, 0.15) is 5.82 Å². The molecule has 2 rings (SSSR count). The van der Waals surface area contributed by atoms with E-state index in [0.29, 0.717) is 43.6 Å². The zero-order chi connectivity index (χ0) is 18.2. The minimum Gasteiger partial charge on any atom is -0.383 e. The van der Waals surface area contributed by atoms with Gasteiger partial charge in [-0.25, -0.2) is 4.39 Å². The number of hydrogen-bond acceptors (Lipinski definition) is 4. The number of piperazine rings is 1. The van der Waals surface area contributed by atoms with Crippen LogP contribution in [0.25, 0.3) is 0 Å². The predicted molar refractivity (Wildman–Crippen MR) is 101 cm³/mol. The highest BCUT2D eigenvalue weighted by Crippen LogP contribution is 2.19. The van der Waals surface area contributed by atoms with Crippen LogP contribution in [0.5, 0.6) is 0 Å². The van der Waals surface area contributed by atoms with E-state index in [1.54, 1.807) is 13.2 Å². The van der Waals surface area contributed by atoms with Crippen LogP contribution in [0, 0.1) is 5.82 Å². The zero-order valence-corrected chi connectivity index (χ0v) is 15.6. The van der Waals surface area contributed by atoms with Crippen LogP contribution in [-0.4, -0.2) is 73.8 Å². The molecule has 0 spiro atoms. The molecule has 0 radical (unpaired) electrons. The number of halogens is 2. The normalized spacial score (nSPS) is 15.1. The fraction of sp³-hybridized carbons (Fsp3) is 0.500. The Bertz CT molecular complexity index is 612. The molecule has 1 aromatic rings. The Morgan fingerprint density at radius 3 is 2.72 bits per heavy atom. The number of carbonyl (C=O) groups is 1. The van der Waals surface area contributed by atoms with Gasteiger partial charge in [0.05, 0.1) is 18.2 Å². The predicted octanol–water partition coefficient (Wildman–Crippen LogP) is 1.56. The first-order chi connectivity index (χ1) is 12.0. The molecule has 6 nitrogen and oxygen atoms in total. The number of hydrogen-bond donors (Lipinski definition) is 2. The van der Waals surface area contributed by atoms with Gasteiger partial charge in [-0.1, -0.05) is 11.6 Å². The van der Waals surface area contributed by atoms with Crippen molar-refractivity contribution in [3.63, 3.8) is 0 Å². The summed E-state index contributed by atoms with van der Waals surface area (Å²) < 4.78 is 18.1. The van der Waals surface area contributed by atoms with E-state index in [4.69, 9.17) is 28.6 Å². The van der Waals surface area contributed by atoms with Crippen molar-refractivity contribution in [1.82, 2.24) is 15.1 Å². The van der Waals surface area contributed by atoms with E-state index in [-0.39, 0.29) is 10.9 Å². The summed E-state index contributed by atoms with van der Waals surface area (Å²) in [5, 5.41) is 6.49. The number of nitrogens with one attached hydrogen (secondary N) is 2. The van der Waals surface area contributed by atoms with E-state index >= 15 is 0 Å². The summed E-state index contributed by atoms with van der Waals surface area (Å²) in [5.74, 6) is -0.470. The molecule has 25 heavy (non-hydrogen) atoms. The number of nitrogens with zero attached hydrogens (tertiary/aromatic N) is 2. The van der Waals surface area contributed by atoms with Crippen LogP contribution < -0.4 is 10.6 Å². The second kappa shape index (κ2) is 9.86. The molecule has 1 aliphatic rings. The molecular formula is C16H22ClFN4O2S. The zero-order valence-electron chi connectivity index (χ0n) is 14.1. The first-order valence-electron chi connectivity index (χ1n) is 7.98. The first kappa shape index (κ1) is 19.8. The molecule has 0 bridgehead atoms. The Hall–Kier alpha value is -1.48. The molecule has 2 N–H and O–H groups in total. The Balaban J connectivity index is 1.74. The highest BCUT2D eigenvalue weighted by atomic mass is 35.5. The van der Waals surface area contributed by atoms with E-state index in [2.05, 4.69) is 15.5 Å². The molecule has 1 fully saturated rings. The quantitative estimate of drug-likeness (QED) is 0.569. The van der Waals surface area contributed by atoms with Crippen LogP contribution in [0.1, 0.15) is 0 Å². The minimum atomic E-state index is -0.462. The van der Waals surface area contributed by atoms with Crippen LogP contribution in [0.3, 0.4) is 0 Å². The third-order valence-electron chi connectivity index (χ3n) is 3.83. The van der Waals surface area contributed by atoms with Crippen molar-refractivity contribution in [2.75, 3.05) is 58.3 Å². The summed E-state index contributed by atoms with van der Waals surface area (Å²) in [6.07, 6.45) is 0. The van der Waals surface area contributed by atoms with Gasteiger partial charge in [0.2, 0.25) is 5.91 Å². The fourth-order valence-electron chi connectivity index (χ4n) is 2.44. The average Bonchev–Trinajstić information content (AvgIpc) is 2.59. The smallest absolute Gasteiger partial charge is 0.234 e. The Morgan fingerprint density at radius 2 is 2.08 bits per heavy atom. The van der Waals surface area contributed by atoms with Crippen LogP contribution in [0.2, 0.25) is 5.02 Å². The topological polar surface area (TPSA) is 56.8 Å². The number of thiocarbonyl (C=S) groups is 1. The maximum absolute atomic E-state index is 13.2. The van der Waals surface area contributed by atoms with Crippen molar-refractivity contribution in [3.05, 3.63) is 29.0 Å². The van der Waals surface area contributed by atoms with Crippen LogP contribution >= 0.6 is 23.8 Å². The lowest BCUT2D eigenvalue weighted by molar-refractivity contribution is -0.122. The highest BCUT2D eigenvalue weighted by Gasteiger charge is 2.20. The molecule has 1 amide bonds. The molecule has 0 atom stereocenters. The van der Waals surface area contributed by atoms with E-state index in [1.807, 2.05) is 4.90 Å². The van der Waals surface area contributed by atoms with Gasteiger partial charge in [0.25, 0.3) is 0 Å². The summed E-state index contributed by atoms with van der Waals surface area (Å²) in [6.45, 7) is 4.30. The van der Waals surface area contributed by atoms with Crippen molar-refractivity contribution in [2.24, 2.45) is 0 Å². The van der Waals surface area contributed by atoms with Crippen molar-refractivity contribution >= 4 is 40.5 Å². The van der Waals surface area contributed by atoms with Crippen LogP contribution in [-0.2, 0) is 9.53 Å². The summed E-state index contributed by atoms with van der Waals surface area (Å²) in [7, 11) is 1.60. The van der Waals surface area contributed by atoms with Gasteiger partial charge in [-0.2, -0.15) is 0 Å². The van der Waals surface area contributed by atoms with Crippen molar-refractivity contribution in [3.8, 4) is 0 Å².